The molecule has 0 atom stereocenters. The van der Waals surface area contributed by atoms with E-state index in [1.807, 2.05) is 7.05 Å². The molecule has 4 heteroatoms. The Labute approximate surface area is 103 Å². The second-order valence-corrected chi connectivity index (χ2v) is 5.60. The van der Waals surface area contributed by atoms with Crippen molar-refractivity contribution in [2.75, 3.05) is 33.4 Å². The molecule has 1 amide bonds. The third-order valence-electron chi connectivity index (χ3n) is 4.21. The SMILES string of the molecule is CN(CCC1CCCC1)C(=O)C1(CO)COC1. The highest BCUT2D eigenvalue weighted by Gasteiger charge is 2.46. The molecule has 0 aromatic carbocycles. The summed E-state index contributed by atoms with van der Waals surface area (Å²) >= 11 is 0. The van der Waals surface area contributed by atoms with Gasteiger partial charge in [0.25, 0.3) is 0 Å². The van der Waals surface area contributed by atoms with Gasteiger partial charge in [-0.3, -0.25) is 4.79 Å². The summed E-state index contributed by atoms with van der Waals surface area (Å²) in [6.07, 6.45) is 6.42. The third-order valence-corrected chi connectivity index (χ3v) is 4.21. The number of hydrogen-bond acceptors (Lipinski definition) is 3. The number of aliphatic hydroxyl groups excluding tert-OH is 1. The van der Waals surface area contributed by atoms with Crippen LogP contribution in [-0.4, -0.2) is 49.3 Å². The number of carbonyl (C=O) groups is 1. The van der Waals surface area contributed by atoms with E-state index in [0.717, 1.165) is 18.9 Å². The summed E-state index contributed by atoms with van der Waals surface area (Å²) < 4.78 is 5.07. The van der Waals surface area contributed by atoms with E-state index < -0.39 is 5.41 Å². The zero-order valence-corrected chi connectivity index (χ0v) is 10.7. The maximum Gasteiger partial charge on any atom is 0.235 e. The fraction of sp³-hybridized carbons (Fsp3) is 0.923. The van der Waals surface area contributed by atoms with Gasteiger partial charge >= 0.3 is 0 Å². The quantitative estimate of drug-likeness (QED) is 0.782. The highest BCUT2D eigenvalue weighted by molar-refractivity contribution is 5.83. The Balaban J connectivity index is 1.78. The highest BCUT2D eigenvalue weighted by Crippen LogP contribution is 2.30. The van der Waals surface area contributed by atoms with Crippen LogP contribution in [0.1, 0.15) is 32.1 Å². The van der Waals surface area contributed by atoms with E-state index in [-0.39, 0.29) is 12.5 Å². The maximum absolute atomic E-state index is 12.2. The molecule has 4 nitrogen and oxygen atoms in total. The number of hydrogen-bond donors (Lipinski definition) is 1. The minimum Gasteiger partial charge on any atom is -0.395 e. The number of carbonyl (C=O) groups excluding carboxylic acids is 1. The van der Waals surface area contributed by atoms with Crippen molar-refractivity contribution >= 4 is 5.91 Å². The second kappa shape index (κ2) is 5.36. The maximum atomic E-state index is 12.2. The summed E-state index contributed by atoms with van der Waals surface area (Å²) in [6, 6.07) is 0. The average Bonchev–Trinajstić information content (AvgIpc) is 2.77. The van der Waals surface area contributed by atoms with Crippen molar-refractivity contribution in [1.29, 1.82) is 0 Å². The summed E-state index contributed by atoms with van der Waals surface area (Å²) in [7, 11) is 1.84. The van der Waals surface area contributed by atoms with Crippen LogP contribution in [0.2, 0.25) is 0 Å². The molecular weight excluding hydrogens is 218 g/mol. The smallest absolute Gasteiger partial charge is 0.235 e. The first-order valence-electron chi connectivity index (χ1n) is 6.62. The van der Waals surface area contributed by atoms with Gasteiger partial charge in [-0.05, 0) is 12.3 Å². The molecule has 0 aromatic heterocycles. The van der Waals surface area contributed by atoms with E-state index in [2.05, 4.69) is 0 Å². The van der Waals surface area contributed by atoms with Gasteiger partial charge in [0.1, 0.15) is 5.41 Å². The van der Waals surface area contributed by atoms with E-state index in [4.69, 9.17) is 4.74 Å². The normalized spacial score (nSPS) is 23.4. The van der Waals surface area contributed by atoms with Crippen LogP contribution in [0.15, 0.2) is 0 Å². The van der Waals surface area contributed by atoms with Gasteiger partial charge in [0.2, 0.25) is 5.91 Å². The first kappa shape index (κ1) is 12.8. The molecule has 0 spiro atoms. The first-order chi connectivity index (χ1) is 8.18. The predicted octanol–water partition coefficient (Wildman–Crippen LogP) is 1.03. The van der Waals surface area contributed by atoms with Gasteiger partial charge in [0.15, 0.2) is 0 Å². The molecule has 1 heterocycles. The number of ether oxygens (including phenoxy) is 1. The topological polar surface area (TPSA) is 49.8 Å². The predicted molar refractivity (Wildman–Crippen MR) is 64.5 cm³/mol. The van der Waals surface area contributed by atoms with Gasteiger partial charge in [-0.2, -0.15) is 0 Å². The van der Waals surface area contributed by atoms with Gasteiger partial charge in [-0.1, -0.05) is 25.7 Å². The Morgan fingerprint density at radius 3 is 2.53 bits per heavy atom. The molecule has 0 aromatic rings. The van der Waals surface area contributed by atoms with Crippen LogP contribution < -0.4 is 0 Å². The molecule has 0 bridgehead atoms. The van der Waals surface area contributed by atoms with Gasteiger partial charge in [0.05, 0.1) is 19.8 Å². The molecule has 0 radical (unpaired) electrons. The van der Waals surface area contributed by atoms with Crippen molar-refractivity contribution in [2.24, 2.45) is 11.3 Å². The van der Waals surface area contributed by atoms with E-state index in [0.29, 0.717) is 13.2 Å². The van der Waals surface area contributed by atoms with Gasteiger partial charge < -0.3 is 14.7 Å². The monoisotopic (exact) mass is 241 g/mol. The van der Waals surface area contributed by atoms with E-state index in [1.165, 1.54) is 25.7 Å². The molecule has 2 aliphatic rings. The van der Waals surface area contributed by atoms with Crippen molar-refractivity contribution in [3.63, 3.8) is 0 Å². The molecule has 2 fully saturated rings. The number of rotatable bonds is 5. The minimum atomic E-state index is -0.634. The highest BCUT2D eigenvalue weighted by atomic mass is 16.5. The number of nitrogens with zero attached hydrogens (tertiary/aromatic N) is 1. The Kier molecular flexibility index (Phi) is 4.05. The molecule has 1 saturated carbocycles. The van der Waals surface area contributed by atoms with Crippen molar-refractivity contribution in [3.05, 3.63) is 0 Å². The van der Waals surface area contributed by atoms with Crippen LogP contribution in [0.25, 0.3) is 0 Å². The first-order valence-corrected chi connectivity index (χ1v) is 6.62. The van der Waals surface area contributed by atoms with Gasteiger partial charge in [-0.15, -0.1) is 0 Å². The zero-order valence-electron chi connectivity index (χ0n) is 10.7. The molecular formula is C13H23NO3. The lowest BCUT2D eigenvalue weighted by Crippen LogP contribution is -2.56. The van der Waals surface area contributed by atoms with Crippen molar-refractivity contribution in [1.82, 2.24) is 4.90 Å². The van der Waals surface area contributed by atoms with Crippen molar-refractivity contribution in [3.8, 4) is 0 Å². The second-order valence-electron chi connectivity index (χ2n) is 5.60. The molecule has 0 unspecified atom stereocenters. The average molecular weight is 241 g/mol. The molecule has 1 saturated heterocycles. The Hall–Kier alpha value is -0.610. The van der Waals surface area contributed by atoms with Crippen LogP contribution in [0, 0.1) is 11.3 Å². The van der Waals surface area contributed by atoms with Crippen LogP contribution >= 0.6 is 0 Å². The lowest BCUT2D eigenvalue weighted by atomic mass is 9.85. The van der Waals surface area contributed by atoms with Crippen LogP contribution in [-0.2, 0) is 9.53 Å². The molecule has 1 aliphatic carbocycles. The summed E-state index contributed by atoms with van der Waals surface area (Å²) in [5.74, 6) is 0.845. The summed E-state index contributed by atoms with van der Waals surface area (Å²) in [4.78, 5) is 13.9. The van der Waals surface area contributed by atoms with Gasteiger partial charge in [0, 0.05) is 13.6 Å². The summed E-state index contributed by atoms with van der Waals surface area (Å²) in [6.45, 7) is 1.46. The molecule has 2 rings (SSSR count). The number of amides is 1. The largest absolute Gasteiger partial charge is 0.395 e. The standard InChI is InChI=1S/C13H23NO3/c1-14(7-6-11-4-2-3-5-11)12(16)13(8-15)9-17-10-13/h11,15H,2-10H2,1H3. The minimum absolute atomic E-state index is 0.0456. The molecule has 17 heavy (non-hydrogen) atoms. The summed E-state index contributed by atoms with van der Waals surface area (Å²) in [5, 5.41) is 9.31. The molecule has 98 valence electrons. The van der Waals surface area contributed by atoms with E-state index in [9.17, 15) is 9.90 Å². The van der Waals surface area contributed by atoms with E-state index in [1.54, 1.807) is 4.90 Å². The lowest BCUT2D eigenvalue weighted by Gasteiger charge is -2.40. The van der Waals surface area contributed by atoms with E-state index >= 15 is 0 Å². The fourth-order valence-electron chi connectivity index (χ4n) is 2.81. The molecule has 1 N–H and O–H groups in total. The summed E-state index contributed by atoms with van der Waals surface area (Å²) in [5.41, 5.74) is -0.634. The zero-order chi connectivity index (χ0) is 12.3. The van der Waals surface area contributed by atoms with Gasteiger partial charge in [-0.25, -0.2) is 0 Å². The van der Waals surface area contributed by atoms with Crippen molar-refractivity contribution in [2.45, 2.75) is 32.1 Å². The lowest BCUT2D eigenvalue weighted by molar-refractivity contribution is -0.179. The Bertz CT molecular complexity index is 264. The van der Waals surface area contributed by atoms with Crippen LogP contribution in [0.3, 0.4) is 0 Å². The van der Waals surface area contributed by atoms with Crippen molar-refractivity contribution < 1.29 is 14.6 Å². The van der Waals surface area contributed by atoms with Crippen LogP contribution in [0.5, 0.6) is 0 Å². The van der Waals surface area contributed by atoms with Crippen LogP contribution in [0.4, 0.5) is 0 Å². The number of aliphatic hydroxyl groups is 1. The third kappa shape index (κ3) is 2.63. The Morgan fingerprint density at radius 2 is 2.06 bits per heavy atom. The molecule has 1 aliphatic heterocycles. The fourth-order valence-corrected chi connectivity index (χ4v) is 2.81. The Morgan fingerprint density at radius 1 is 1.41 bits per heavy atom.